The van der Waals surface area contributed by atoms with Crippen molar-refractivity contribution < 1.29 is 5.11 Å². The SMILES string of the molecule is CCC[C@@H](O)[C@@H](N)c1c(Cl)ccc(Cl)c1Cl. The number of hydrogen-bond acceptors (Lipinski definition) is 2. The van der Waals surface area contributed by atoms with Crippen molar-refractivity contribution in [3.05, 3.63) is 32.8 Å². The minimum absolute atomic E-state index is 0.316. The third kappa shape index (κ3) is 3.02. The normalized spacial score (nSPS) is 14.9. The summed E-state index contributed by atoms with van der Waals surface area (Å²) in [5.74, 6) is 0. The summed E-state index contributed by atoms with van der Waals surface area (Å²) in [4.78, 5) is 0. The Hall–Kier alpha value is 0.01000. The van der Waals surface area contributed by atoms with E-state index in [1.165, 1.54) is 0 Å². The Morgan fingerprint density at radius 2 is 1.81 bits per heavy atom. The third-order valence-electron chi connectivity index (χ3n) is 2.41. The van der Waals surface area contributed by atoms with Gasteiger partial charge in [0.05, 0.1) is 22.2 Å². The zero-order valence-corrected chi connectivity index (χ0v) is 11.1. The molecule has 2 nitrogen and oxygen atoms in total. The highest BCUT2D eigenvalue weighted by molar-refractivity contribution is 6.44. The predicted molar refractivity (Wildman–Crippen MR) is 69.3 cm³/mol. The Kier molecular flexibility index (Phi) is 5.35. The molecule has 0 unspecified atom stereocenters. The molecule has 0 amide bonds. The summed E-state index contributed by atoms with van der Waals surface area (Å²) in [6.45, 7) is 1.97. The van der Waals surface area contributed by atoms with E-state index in [-0.39, 0.29) is 0 Å². The highest BCUT2D eigenvalue weighted by Crippen LogP contribution is 2.36. The second kappa shape index (κ2) is 6.08. The van der Waals surface area contributed by atoms with Crippen LogP contribution in [-0.4, -0.2) is 11.2 Å². The number of nitrogens with two attached hydrogens (primary N) is 1. The molecule has 0 heterocycles. The fourth-order valence-electron chi connectivity index (χ4n) is 1.52. The number of aliphatic hydroxyl groups is 1. The van der Waals surface area contributed by atoms with E-state index in [1.54, 1.807) is 12.1 Å². The van der Waals surface area contributed by atoms with Gasteiger partial charge in [0.1, 0.15) is 0 Å². The molecule has 90 valence electrons. The Labute approximate surface area is 110 Å². The summed E-state index contributed by atoms with van der Waals surface area (Å²) >= 11 is 17.9. The molecule has 1 aromatic rings. The maximum Gasteiger partial charge on any atom is 0.0733 e. The predicted octanol–water partition coefficient (Wildman–Crippen LogP) is 3.81. The van der Waals surface area contributed by atoms with Crippen LogP contribution in [0.2, 0.25) is 15.1 Å². The van der Waals surface area contributed by atoms with Gasteiger partial charge in [-0.1, -0.05) is 48.1 Å². The van der Waals surface area contributed by atoms with Crippen LogP contribution >= 0.6 is 34.8 Å². The standard InChI is InChI=1S/C11H14Cl3NO/c1-2-3-8(16)11(15)9-6(12)4-5-7(13)10(9)14/h4-5,8,11,16H,2-3,15H2,1H3/t8-,11-/m1/s1. The summed E-state index contributed by atoms with van der Waals surface area (Å²) in [5, 5.41) is 11.0. The Bertz CT molecular complexity index is 370. The van der Waals surface area contributed by atoms with Crippen LogP contribution in [-0.2, 0) is 0 Å². The van der Waals surface area contributed by atoms with Gasteiger partial charge >= 0.3 is 0 Å². The van der Waals surface area contributed by atoms with E-state index >= 15 is 0 Å². The minimum atomic E-state index is -0.668. The lowest BCUT2D eigenvalue weighted by atomic mass is 9.99. The van der Waals surface area contributed by atoms with E-state index in [2.05, 4.69) is 0 Å². The van der Waals surface area contributed by atoms with Crippen LogP contribution in [0.15, 0.2) is 12.1 Å². The van der Waals surface area contributed by atoms with Crippen molar-refractivity contribution >= 4 is 34.8 Å². The van der Waals surface area contributed by atoms with Gasteiger partial charge in [0.15, 0.2) is 0 Å². The molecule has 5 heteroatoms. The lowest BCUT2D eigenvalue weighted by Gasteiger charge is -2.21. The van der Waals surface area contributed by atoms with Crippen LogP contribution < -0.4 is 5.73 Å². The zero-order chi connectivity index (χ0) is 12.3. The molecule has 0 aliphatic heterocycles. The van der Waals surface area contributed by atoms with Crippen molar-refractivity contribution in [2.24, 2.45) is 5.73 Å². The summed E-state index contributed by atoms with van der Waals surface area (Å²) in [7, 11) is 0. The van der Waals surface area contributed by atoms with Crippen molar-refractivity contribution in [3.8, 4) is 0 Å². The summed E-state index contributed by atoms with van der Waals surface area (Å²) in [6, 6.07) is 2.62. The maximum absolute atomic E-state index is 9.83. The van der Waals surface area contributed by atoms with Crippen molar-refractivity contribution in [1.29, 1.82) is 0 Å². The molecule has 1 aromatic carbocycles. The van der Waals surface area contributed by atoms with Gasteiger partial charge in [-0.3, -0.25) is 0 Å². The summed E-state index contributed by atoms with van der Waals surface area (Å²) in [6.07, 6.45) is 0.767. The van der Waals surface area contributed by atoms with E-state index in [0.29, 0.717) is 27.1 Å². The molecule has 0 aromatic heterocycles. The van der Waals surface area contributed by atoms with Gasteiger partial charge in [-0.2, -0.15) is 0 Å². The molecule has 1 rings (SSSR count). The monoisotopic (exact) mass is 281 g/mol. The Morgan fingerprint density at radius 1 is 1.25 bits per heavy atom. The van der Waals surface area contributed by atoms with E-state index in [1.807, 2.05) is 6.92 Å². The zero-order valence-electron chi connectivity index (χ0n) is 8.88. The van der Waals surface area contributed by atoms with E-state index in [0.717, 1.165) is 6.42 Å². The molecule has 0 bridgehead atoms. The van der Waals surface area contributed by atoms with Gasteiger partial charge in [0.2, 0.25) is 0 Å². The van der Waals surface area contributed by atoms with Crippen LogP contribution in [0.25, 0.3) is 0 Å². The Morgan fingerprint density at radius 3 is 2.38 bits per heavy atom. The molecular weight excluding hydrogens is 268 g/mol. The first-order chi connectivity index (χ1) is 7.49. The fraction of sp³-hybridized carbons (Fsp3) is 0.455. The molecule has 3 N–H and O–H groups in total. The molecule has 0 radical (unpaired) electrons. The first-order valence-corrected chi connectivity index (χ1v) is 6.19. The number of aliphatic hydroxyl groups excluding tert-OH is 1. The van der Waals surface area contributed by atoms with Crippen molar-refractivity contribution in [2.75, 3.05) is 0 Å². The maximum atomic E-state index is 9.83. The molecule has 0 aliphatic rings. The molecule has 2 atom stereocenters. The molecule has 0 fully saturated rings. The fourth-order valence-corrected chi connectivity index (χ4v) is 2.30. The molecule has 0 saturated carbocycles. The van der Waals surface area contributed by atoms with Crippen molar-refractivity contribution in [3.63, 3.8) is 0 Å². The van der Waals surface area contributed by atoms with Gasteiger partial charge in [-0.05, 0) is 18.6 Å². The van der Waals surface area contributed by atoms with Gasteiger partial charge in [0.25, 0.3) is 0 Å². The second-order valence-electron chi connectivity index (χ2n) is 3.64. The van der Waals surface area contributed by atoms with E-state index in [4.69, 9.17) is 40.5 Å². The first-order valence-electron chi connectivity index (χ1n) is 5.06. The van der Waals surface area contributed by atoms with Crippen LogP contribution in [0.1, 0.15) is 31.4 Å². The average molecular weight is 283 g/mol. The van der Waals surface area contributed by atoms with Crippen LogP contribution in [0, 0.1) is 0 Å². The average Bonchev–Trinajstić information content (AvgIpc) is 2.24. The van der Waals surface area contributed by atoms with Crippen molar-refractivity contribution in [1.82, 2.24) is 0 Å². The summed E-state index contributed by atoms with van der Waals surface area (Å²) < 4.78 is 0. The van der Waals surface area contributed by atoms with Crippen LogP contribution in [0.3, 0.4) is 0 Å². The van der Waals surface area contributed by atoms with Gasteiger partial charge < -0.3 is 10.8 Å². The van der Waals surface area contributed by atoms with Crippen molar-refractivity contribution in [2.45, 2.75) is 31.9 Å². The Balaban J connectivity index is 3.07. The molecule has 0 saturated heterocycles. The topological polar surface area (TPSA) is 46.2 Å². The summed E-state index contributed by atoms with van der Waals surface area (Å²) in [5.41, 5.74) is 6.43. The number of benzene rings is 1. The van der Waals surface area contributed by atoms with Gasteiger partial charge in [0, 0.05) is 10.6 Å². The van der Waals surface area contributed by atoms with E-state index in [9.17, 15) is 5.11 Å². The first kappa shape index (κ1) is 14.1. The number of hydrogen-bond donors (Lipinski definition) is 2. The minimum Gasteiger partial charge on any atom is -0.391 e. The molecule has 16 heavy (non-hydrogen) atoms. The smallest absolute Gasteiger partial charge is 0.0733 e. The number of halogens is 3. The molecule has 0 aliphatic carbocycles. The number of rotatable bonds is 4. The van der Waals surface area contributed by atoms with Gasteiger partial charge in [-0.15, -0.1) is 0 Å². The highest BCUT2D eigenvalue weighted by atomic mass is 35.5. The lowest BCUT2D eigenvalue weighted by molar-refractivity contribution is 0.134. The highest BCUT2D eigenvalue weighted by Gasteiger charge is 2.22. The third-order valence-corrected chi connectivity index (χ3v) is 3.56. The lowest BCUT2D eigenvalue weighted by Crippen LogP contribution is -2.26. The quantitative estimate of drug-likeness (QED) is 0.825. The molecular formula is C11H14Cl3NO. The van der Waals surface area contributed by atoms with Gasteiger partial charge in [-0.25, -0.2) is 0 Å². The molecule has 0 spiro atoms. The van der Waals surface area contributed by atoms with Crippen LogP contribution in [0.5, 0.6) is 0 Å². The second-order valence-corrected chi connectivity index (χ2v) is 4.83. The largest absolute Gasteiger partial charge is 0.391 e. The van der Waals surface area contributed by atoms with E-state index < -0.39 is 12.1 Å². The van der Waals surface area contributed by atoms with Crippen LogP contribution in [0.4, 0.5) is 0 Å².